The Kier molecular flexibility index (Phi) is 8.89. The van der Waals surface area contributed by atoms with Crippen LogP contribution in [-0.2, 0) is 9.59 Å². The molecule has 0 radical (unpaired) electrons. The van der Waals surface area contributed by atoms with Gasteiger partial charge in [0.25, 0.3) is 0 Å². The highest BCUT2D eigenvalue weighted by Gasteiger charge is 2.27. The predicted molar refractivity (Wildman–Crippen MR) is 106 cm³/mol. The average Bonchev–Trinajstić information content (AvgIpc) is 2.53. The zero-order valence-corrected chi connectivity index (χ0v) is 17.1. The van der Waals surface area contributed by atoms with Crippen LogP contribution in [0.3, 0.4) is 0 Å². The Morgan fingerprint density at radius 1 is 1.24 bits per heavy atom. The zero-order valence-electron chi connectivity index (χ0n) is 14.7. The van der Waals surface area contributed by atoms with Crippen molar-refractivity contribution in [3.63, 3.8) is 0 Å². The van der Waals surface area contributed by atoms with Gasteiger partial charge in [0, 0.05) is 17.9 Å². The molecule has 1 unspecified atom stereocenters. The van der Waals surface area contributed by atoms with Crippen LogP contribution in [0.1, 0.15) is 44.7 Å². The maximum absolute atomic E-state index is 12.4. The molecule has 0 spiro atoms. The third-order valence-electron chi connectivity index (χ3n) is 4.56. The molecule has 1 aliphatic heterocycles. The Morgan fingerprint density at radius 3 is 2.40 bits per heavy atom. The second kappa shape index (κ2) is 10.1. The van der Waals surface area contributed by atoms with Crippen molar-refractivity contribution >= 4 is 40.2 Å². The standard InChI is InChI=1S/C18H26BrN3O2.ClH/c1-13(23)22-16(14-3-5-15(19)6-4-14)11-17(24)21-12-18(2)7-9-20-10-8-18;/h3-6,16,20H,7-12H2,1-2H3,(H,21,24)(H,22,23);1H. The van der Waals surface area contributed by atoms with E-state index in [2.05, 4.69) is 38.8 Å². The number of piperidine rings is 1. The molecule has 7 heteroatoms. The fourth-order valence-electron chi connectivity index (χ4n) is 2.97. The SMILES string of the molecule is CC(=O)NC(CC(=O)NCC1(C)CCNCC1)c1ccc(Br)cc1.Cl. The Bertz CT molecular complexity index is 574. The van der Waals surface area contributed by atoms with Gasteiger partial charge in [-0.25, -0.2) is 0 Å². The molecule has 0 aliphatic carbocycles. The van der Waals surface area contributed by atoms with Gasteiger partial charge in [0.2, 0.25) is 11.8 Å². The highest BCUT2D eigenvalue weighted by atomic mass is 79.9. The van der Waals surface area contributed by atoms with Crippen LogP contribution in [-0.4, -0.2) is 31.4 Å². The molecule has 1 aromatic carbocycles. The molecule has 2 rings (SSSR count). The first kappa shape index (κ1) is 21.9. The molecule has 1 heterocycles. The summed E-state index contributed by atoms with van der Waals surface area (Å²) in [5.74, 6) is -0.169. The van der Waals surface area contributed by atoms with E-state index < -0.39 is 0 Å². The summed E-state index contributed by atoms with van der Waals surface area (Å²) < 4.78 is 0.969. The van der Waals surface area contributed by atoms with Crippen molar-refractivity contribution in [2.45, 2.75) is 39.2 Å². The van der Waals surface area contributed by atoms with Crippen molar-refractivity contribution in [2.24, 2.45) is 5.41 Å². The normalized spacial score (nSPS) is 17.1. The number of benzene rings is 1. The summed E-state index contributed by atoms with van der Waals surface area (Å²) in [7, 11) is 0. The largest absolute Gasteiger partial charge is 0.355 e. The average molecular weight is 433 g/mol. The van der Waals surface area contributed by atoms with E-state index in [9.17, 15) is 9.59 Å². The molecular weight excluding hydrogens is 406 g/mol. The number of hydrogen-bond acceptors (Lipinski definition) is 3. The number of nitrogens with one attached hydrogen (secondary N) is 3. The smallest absolute Gasteiger partial charge is 0.222 e. The highest BCUT2D eigenvalue weighted by Crippen LogP contribution is 2.27. The van der Waals surface area contributed by atoms with Crippen LogP contribution >= 0.6 is 28.3 Å². The van der Waals surface area contributed by atoms with Crippen LogP contribution < -0.4 is 16.0 Å². The minimum Gasteiger partial charge on any atom is -0.355 e. The lowest BCUT2D eigenvalue weighted by molar-refractivity contribution is -0.123. The Hall–Kier alpha value is -1.11. The summed E-state index contributed by atoms with van der Waals surface area (Å²) in [5, 5.41) is 9.26. The quantitative estimate of drug-likeness (QED) is 0.647. The van der Waals surface area contributed by atoms with Gasteiger partial charge in [0.1, 0.15) is 0 Å². The first-order chi connectivity index (χ1) is 11.4. The monoisotopic (exact) mass is 431 g/mol. The lowest BCUT2D eigenvalue weighted by Crippen LogP contribution is -2.43. The van der Waals surface area contributed by atoms with Gasteiger partial charge in [0.15, 0.2) is 0 Å². The first-order valence-electron chi connectivity index (χ1n) is 8.38. The third-order valence-corrected chi connectivity index (χ3v) is 5.09. The minimum atomic E-state index is -0.309. The van der Waals surface area contributed by atoms with Gasteiger partial charge in [-0.1, -0.05) is 35.0 Å². The van der Waals surface area contributed by atoms with E-state index in [4.69, 9.17) is 0 Å². The summed E-state index contributed by atoms with van der Waals surface area (Å²) in [6.45, 7) is 6.37. The summed E-state index contributed by atoms with van der Waals surface area (Å²) in [5.41, 5.74) is 1.08. The molecule has 0 bridgehead atoms. The van der Waals surface area contributed by atoms with Crippen molar-refractivity contribution in [3.8, 4) is 0 Å². The van der Waals surface area contributed by atoms with E-state index in [0.717, 1.165) is 36.0 Å². The molecule has 1 atom stereocenters. The Morgan fingerprint density at radius 2 is 1.84 bits per heavy atom. The maximum Gasteiger partial charge on any atom is 0.222 e. The van der Waals surface area contributed by atoms with E-state index in [1.54, 1.807) is 0 Å². The van der Waals surface area contributed by atoms with E-state index in [1.165, 1.54) is 6.92 Å². The number of hydrogen-bond donors (Lipinski definition) is 3. The van der Waals surface area contributed by atoms with Crippen LogP contribution in [0, 0.1) is 5.41 Å². The second-order valence-electron chi connectivity index (χ2n) is 6.85. The van der Waals surface area contributed by atoms with Crippen LogP contribution in [0.5, 0.6) is 0 Å². The molecule has 0 aromatic heterocycles. The van der Waals surface area contributed by atoms with Crippen molar-refractivity contribution < 1.29 is 9.59 Å². The molecule has 1 fully saturated rings. The molecule has 1 saturated heterocycles. The highest BCUT2D eigenvalue weighted by molar-refractivity contribution is 9.10. The number of carbonyl (C=O) groups excluding carboxylic acids is 2. The van der Waals surface area contributed by atoms with E-state index >= 15 is 0 Å². The molecule has 25 heavy (non-hydrogen) atoms. The van der Waals surface area contributed by atoms with Crippen LogP contribution in [0.4, 0.5) is 0 Å². The fourth-order valence-corrected chi connectivity index (χ4v) is 3.23. The lowest BCUT2D eigenvalue weighted by atomic mass is 9.81. The van der Waals surface area contributed by atoms with Gasteiger partial charge in [-0.3, -0.25) is 9.59 Å². The van der Waals surface area contributed by atoms with Crippen LogP contribution in [0.15, 0.2) is 28.7 Å². The van der Waals surface area contributed by atoms with Gasteiger partial charge in [-0.05, 0) is 49.0 Å². The number of halogens is 2. The summed E-state index contributed by atoms with van der Waals surface area (Å²) >= 11 is 3.40. The molecule has 5 nitrogen and oxygen atoms in total. The second-order valence-corrected chi connectivity index (χ2v) is 7.76. The number of rotatable bonds is 6. The summed E-state index contributed by atoms with van der Waals surface area (Å²) in [6.07, 6.45) is 2.37. The molecular formula is C18H27BrClN3O2. The van der Waals surface area contributed by atoms with E-state index in [0.29, 0.717) is 6.54 Å². The number of carbonyl (C=O) groups is 2. The molecule has 3 N–H and O–H groups in total. The van der Waals surface area contributed by atoms with Gasteiger partial charge < -0.3 is 16.0 Å². The van der Waals surface area contributed by atoms with Gasteiger partial charge >= 0.3 is 0 Å². The van der Waals surface area contributed by atoms with Gasteiger partial charge in [-0.2, -0.15) is 0 Å². The first-order valence-corrected chi connectivity index (χ1v) is 9.17. The minimum absolute atomic E-state index is 0. The zero-order chi connectivity index (χ0) is 17.6. The Labute approximate surface area is 164 Å². The predicted octanol–water partition coefficient (Wildman–Crippen LogP) is 2.94. The van der Waals surface area contributed by atoms with Crippen molar-refractivity contribution in [3.05, 3.63) is 34.3 Å². The van der Waals surface area contributed by atoms with Crippen molar-refractivity contribution in [1.29, 1.82) is 0 Å². The Balaban J connectivity index is 0.00000312. The van der Waals surface area contributed by atoms with Crippen LogP contribution in [0.25, 0.3) is 0 Å². The van der Waals surface area contributed by atoms with Gasteiger partial charge in [0.05, 0.1) is 12.5 Å². The van der Waals surface area contributed by atoms with Crippen molar-refractivity contribution in [1.82, 2.24) is 16.0 Å². The number of amides is 2. The molecule has 0 saturated carbocycles. The third kappa shape index (κ3) is 7.34. The van der Waals surface area contributed by atoms with E-state index in [-0.39, 0.29) is 42.1 Å². The molecule has 2 amide bonds. The lowest BCUT2D eigenvalue weighted by Gasteiger charge is -2.34. The molecule has 1 aliphatic rings. The van der Waals surface area contributed by atoms with Crippen LogP contribution in [0.2, 0.25) is 0 Å². The fraction of sp³-hybridized carbons (Fsp3) is 0.556. The van der Waals surface area contributed by atoms with Gasteiger partial charge in [-0.15, -0.1) is 12.4 Å². The molecule has 1 aromatic rings. The summed E-state index contributed by atoms with van der Waals surface area (Å²) in [4.78, 5) is 23.8. The van der Waals surface area contributed by atoms with Crippen molar-refractivity contribution in [2.75, 3.05) is 19.6 Å². The topological polar surface area (TPSA) is 70.2 Å². The summed E-state index contributed by atoms with van der Waals surface area (Å²) in [6, 6.07) is 7.37. The van der Waals surface area contributed by atoms with E-state index in [1.807, 2.05) is 24.3 Å². The molecule has 140 valence electrons. The maximum atomic E-state index is 12.4.